The number of H-pyrrole nitrogens is 1. The van der Waals surface area contributed by atoms with E-state index in [2.05, 4.69) is 15.3 Å². The molecule has 1 amide bonds. The van der Waals surface area contributed by atoms with E-state index in [9.17, 15) is 4.79 Å². The van der Waals surface area contributed by atoms with Crippen LogP contribution in [-0.2, 0) is 0 Å². The van der Waals surface area contributed by atoms with Gasteiger partial charge in [-0.15, -0.1) is 0 Å². The van der Waals surface area contributed by atoms with Crippen LogP contribution in [0.15, 0.2) is 42.7 Å². The second-order valence-electron chi connectivity index (χ2n) is 4.40. The predicted molar refractivity (Wildman–Crippen MR) is 82.1 cm³/mol. The zero-order chi connectivity index (χ0) is 14.8. The van der Waals surface area contributed by atoms with Crippen molar-refractivity contribution in [3.05, 3.63) is 53.3 Å². The Bertz CT molecular complexity index is 814. The van der Waals surface area contributed by atoms with Crippen molar-refractivity contribution in [2.75, 3.05) is 12.4 Å². The number of carbonyl (C=O) groups is 1. The van der Waals surface area contributed by atoms with E-state index in [1.807, 2.05) is 6.07 Å². The Labute approximate surface area is 125 Å². The second-order valence-corrected chi connectivity index (χ2v) is 4.84. The summed E-state index contributed by atoms with van der Waals surface area (Å²) in [6.07, 6.45) is 1.56. The third-order valence-corrected chi connectivity index (χ3v) is 3.34. The molecular weight excluding hydrogens is 290 g/mol. The summed E-state index contributed by atoms with van der Waals surface area (Å²) in [5, 5.41) is 3.32. The highest BCUT2D eigenvalue weighted by Gasteiger charge is 2.14. The molecule has 0 saturated carbocycles. The fraction of sp³-hybridized carbons (Fsp3) is 0.0667. The molecule has 0 atom stereocenters. The number of imidazole rings is 1. The van der Waals surface area contributed by atoms with E-state index < -0.39 is 0 Å². The van der Waals surface area contributed by atoms with Crippen LogP contribution in [0.25, 0.3) is 11.0 Å². The number of fused-ring (bicyclic) bond motifs is 1. The molecule has 0 aliphatic carbocycles. The number of halogens is 1. The molecule has 0 unspecified atom stereocenters. The first-order valence-corrected chi connectivity index (χ1v) is 6.64. The topological polar surface area (TPSA) is 67.0 Å². The van der Waals surface area contributed by atoms with Crippen LogP contribution in [0.5, 0.6) is 5.75 Å². The van der Waals surface area contributed by atoms with Crippen LogP contribution in [0.1, 0.15) is 10.4 Å². The molecule has 106 valence electrons. The Morgan fingerprint density at radius 2 is 2.19 bits per heavy atom. The monoisotopic (exact) mass is 301 g/mol. The molecule has 0 fully saturated rings. The molecule has 0 spiro atoms. The highest BCUT2D eigenvalue weighted by Crippen LogP contribution is 2.28. The van der Waals surface area contributed by atoms with Crippen LogP contribution in [0.2, 0.25) is 5.02 Å². The summed E-state index contributed by atoms with van der Waals surface area (Å²) in [6.45, 7) is 0. The number of hydrogen-bond donors (Lipinski definition) is 2. The number of nitrogens with zero attached hydrogens (tertiary/aromatic N) is 1. The summed E-state index contributed by atoms with van der Waals surface area (Å²) in [6, 6.07) is 10.4. The van der Waals surface area contributed by atoms with E-state index in [0.717, 1.165) is 5.52 Å². The van der Waals surface area contributed by atoms with Crippen molar-refractivity contribution < 1.29 is 9.53 Å². The number of benzene rings is 2. The molecule has 0 aliphatic heterocycles. The van der Waals surface area contributed by atoms with Crippen molar-refractivity contribution in [1.82, 2.24) is 9.97 Å². The lowest BCUT2D eigenvalue weighted by Crippen LogP contribution is -2.13. The van der Waals surface area contributed by atoms with Crippen molar-refractivity contribution in [2.24, 2.45) is 0 Å². The van der Waals surface area contributed by atoms with Gasteiger partial charge < -0.3 is 15.0 Å². The van der Waals surface area contributed by atoms with Crippen molar-refractivity contribution >= 4 is 34.2 Å². The number of anilines is 1. The van der Waals surface area contributed by atoms with Crippen LogP contribution in [-0.4, -0.2) is 23.0 Å². The minimum Gasteiger partial charge on any atom is -0.495 e. The number of aromatic nitrogens is 2. The molecule has 21 heavy (non-hydrogen) atoms. The van der Waals surface area contributed by atoms with E-state index in [4.69, 9.17) is 16.3 Å². The lowest BCUT2D eigenvalue weighted by molar-refractivity contribution is 0.102. The van der Waals surface area contributed by atoms with Gasteiger partial charge in [0.25, 0.3) is 5.91 Å². The molecule has 0 bridgehead atoms. The molecule has 0 saturated heterocycles. The van der Waals surface area contributed by atoms with E-state index in [0.29, 0.717) is 27.5 Å². The zero-order valence-corrected chi connectivity index (χ0v) is 11.9. The Balaban J connectivity index is 1.97. The Hall–Kier alpha value is -2.53. The van der Waals surface area contributed by atoms with Crippen LogP contribution >= 0.6 is 11.6 Å². The van der Waals surface area contributed by atoms with Gasteiger partial charge in [0.1, 0.15) is 11.3 Å². The number of nitrogens with one attached hydrogen (secondary N) is 2. The molecule has 1 heterocycles. The number of rotatable bonds is 3. The normalized spacial score (nSPS) is 10.6. The van der Waals surface area contributed by atoms with Gasteiger partial charge in [0.15, 0.2) is 0 Å². The molecular formula is C15H12ClN3O2. The maximum absolute atomic E-state index is 12.4. The lowest BCUT2D eigenvalue weighted by Gasteiger charge is -2.10. The number of amides is 1. The van der Waals surface area contributed by atoms with Crippen molar-refractivity contribution in [3.8, 4) is 5.75 Å². The van der Waals surface area contributed by atoms with Crippen molar-refractivity contribution in [1.29, 1.82) is 0 Å². The van der Waals surface area contributed by atoms with E-state index in [1.54, 1.807) is 36.7 Å². The van der Waals surface area contributed by atoms with Gasteiger partial charge in [0.2, 0.25) is 0 Å². The lowest BCUT2D eigenvalue weighted by atomic mass is 10.1. The van der Waals surface area contributed by atoms with E-state index >= 15 is 0 Å². The standard InChI is InChI=1S/C15H12ClN3O2/c1-21-13-6-5-9(16)7-12(13)19-15(20)10-3-2-4-11-14(10)18-8-17-11/h2-8H,1H3,(H,17,18)(H,19,20). The molecule has 2 aromatic carbocycles. The average molecular weight is 302 g/mol. The second kappa shape index (κ2) is 5.46. The summed E-state index contributed by atoms with van der Waals surface area (Å²) < 4.78 is 5.21. The summed E-state index contributed by atoms with van der Waals surface area (Å²) >= 11 is 5.96. The third-order valence-electron chi connectivity index (χ3n) is 3.10. The Morgan fingerprint density at radius 1 is 1.33 bits per heavy atom. The Kier molecular flexibility index (Phi) is 3.50. The fourth-order valence-electron chi connectivity index (χ4n) is 2.12. The molecule has 0 aliphatic rings. The van der Waals surface area contributed by atoms with E-state index in [1.165, 1.54) is 7.11 Å². The van der Waals surface area contributed by atoms with Crippen LogP contribution < -0.4 is 10.1 Å². The van der Waals surface area contributed by atoms with Crippen LogP contribution in [0.4, 0.5) is 5.69 Å². The van der Waals surface area contributed by atoms with Gasteiger partial charge in [-0.3, -0.25) is 4.79 Å². The van der Waals surface area contributed by atoms with Crippen LogP contribution in [0.3, 0.4) is 0 Å². The van der Waals surface area contributed by atoms with Crippen molar-refractivity contribution in [3.63, 3.8) is 0 Å². The quantitative estimate of drug-likeness (QED) is 0.778. The fourth-order valence-corrected chi connectivity index (χ4v) is 2.29. The Morgan fingerprint density at radius 3 is 3.00 bits per heavy atom. The van der Waals surface area contributed by atoms with Gasteiger partial charge in [-0.2, -0.15) is 0 Å². The number of para-hydroxylation sites is 1. The SMILES string of the molecule is COc1ccc(Cl)cc1NC(=O)c1cccc2[nH]cnc12. The molecule has 3 rings (SSSR count). The first kappa shape index (κ1) is 13.5. The molecule has 6 heteroatoms. The maximum atomic E-state index is 12.4. The van der Waals surface area contributed by atoms with Gasteiger partial charge in [-0.25, -0.2) is 4.98 Å². The first-order chi connectivity index (χ1) is 10.2. The van der Waals surface area contributed by atoms with Crippen molar-refractivity contribution in [2.45, 2.75) is 0 Å². The smallest absolute Gasteiger partial charge is 0.258 e. The molecule has 5 nitrogen and oxygen atoms in total. The predicted octanol–water partition coefficient (Wildman–Crippen LogP) is 3.48. The molecule has 1 aromatic heterocycles. The zero-order valence-electron chi connectivity index (χ0n) is 11.2. The highest BCUT2D eigenvalue weighted by molar-refractivity contribution is 6.31. The van der Waals surface area contributed by atoms with Gasteiger partial charge in [-0.05, 0) is 30.3 Å². The van der Waals surface area contributed by atoms with Gasteiger partial charge in [-0.1, -0.05) is 17.7 Å². The number of aromatic amines is 1. The summed E-state index contributed by atoms with van der Waals surface area (Å²) in [4.78, 5) is 19.6. The van der Waals surface area contributed by atoms with Gasteiger partial charge in [0.05, 0.1) is 30.2 Å². The largest absolute Gasteiger partial charge is 0.495 e. The number of hydrogen-bond acceptors (Lipinski definition) is 3. The summed E-state index contributed by atoms with van der Waals surface area (Å²) in [7, 11) is 1.54. The number of carbonyl (C=O) groups excluding carboxylic acids is 1. The maximum Gasteiger partial charge on any atom is 0.258 e. The third kappa shape index (κ3) is 2.55. The van der Waals surface area contributed by atoms with Gasteiger partial charge >= 0.3 is 0 Å². The summed E-state index contributed by atoms with van der Waals surface area (Å²) in [5.74, 6) is 0.273. The van der Waals surface area contributed by atoms with Crippen LogP contribution in [0, 0.1) is 0 Å². The molecule has 0 radical (unpaired) electrons. The average Bonchev–Trinajstić information content (AvgIpc) is 2.95. The summed E-state index contributed by atoms with van der Waals surface area (Å²) in [5.41, 5.74) is 2.43. The minimum absolute atomic E-state index is 0.270. The molecule has 2 N–H and O–H groups in total. The van der Waals surface area contributed by atoms with E-state index in [-0.39, 0.29) is 5.91 Å². The molecule has 3 aromatic rings. The minimum atomic E-state index is -0.270. The first-order valence-electron chi connectivity index (χ1n) is 6.26. The number of ether oxygens (including phenoxy) is 1. The van der Waals surface area contributed by atoms with Gasteiger partial charge in [0, 0.05) is 5.02 Å². The highest BCUT2D eigenvalue weighted by atomic mass is 35.5. The number of methoxy groups -OCH3 is 1.